The summed E-state index contributed by atoms with van der Waals surface area (Å²) in [6.07, 6.45) is 3.64. The minimum atomic E-state index is -0.925. The van der Waals surface area contributed by atoms with Gasteiger partial charge in [-0.15, -0.1) is 0 Å². The van der Waals surface area contributed by atoms with Gasteiger partial charge in [0.15, 0.2) is 0 Å². The van der Waals surface area contributed by atoms with Crippen molar-refractivity contribution in [2.24, 2.45) is 0 Å². The lowest BCUT2D eigenvalue weighted by Gasteiger charge is -2.35. The van der Waals surface area contributed by atoms with E-state index in [-0.39, 0.29) is 11.6 Å². The van der Waals surface area contributed by atoms with Gasteiger partial charge < -0.3 is 23.7 Å². The summed E-state index contributed by atoms with van der Waals surface area (Å²) >= 11 is 0. The summed E-state index contributed by atoms with van der Waals surface area (Å²) in [5.74, 6) is 2.14. The second-order valence-electron chi connectivity index (χ2n) is 31.0. The summed E-state index contributed by atoms with van der Waals surface area (Å²) in [7, 11) is 0. The number of rotatable bonds is 20. The molecule has 2 atom stereocenters. The van der Waals surface area contributed by atoms with Crippen LogP contribution in [0.2, 0.25) is 0 Å². The maximum absolute atomic E-state index is 15.5. The first-order valence-electron chi connectivity index (χ1n) is 40.7. The smallest absolute Gasteiger partial charge is 0.135 e. The van der Waals surface area contributed by atoms with Crippen molar-refractivity contribution < 1.29 is 22.7 Å². The second kappa shape index (κ2) is 30.4. The van der Waals surface area contributed by atoms with Gasteiger partial charge in [-0.2, -0.15) is 0 Å². The van der Waals surface area contributed by atoms with Crippen LogP contribution in [0.15, 0.2) is 442 Å². The molecule has 19 aromatic rings. The Morgan fingerprint density at radius 3 is 0.893 bits per heavy atom. The molecule has 0 bridgehead atoms. The first kappa shape index (κ1) is 73.0. The Kier molecular flexibility index (Phi) is 18.3. The highest BCUT2D eigenvalue weighted by atomic mass is 19.1. The van der Waals surface area contributed by atoms with Gasteiger partial charge in [0.05, 0.1) is 10.8 Å². The molecule has 0 spiro atoms. The number of benzene rings is 18. The number of halogens is 2. The largest absolute Gasteiger partial charge is 0.457 e. The van der Waals surface area contributed by atoms with Gasteiger partial charge in [-0.25, -0.2) is 8.78 Å². The van der Waals surface area contributed by atoms with Crippen LogP contribution in [0.5, 0.6) is 23.0 Å². The fraction of sp³-hybridized carbons (Fsp3) is 0.0175. The van der Waals surface area contributed by atoms with E-state index in [0.29, 0.717) is 23.0 Å². The van der Waals surface area contributed by atoms with Crippen molar-refractivity contribution in [2.45, 2.75) is 10.8 Å². The van der Waals surface area contributed by atoms with Crippen molar-refractivity contribution in [3.05, 3.63) is 505 Å². The van der Waals surface area contributed by atoms with Gasteiger partial charge in [0.2, 0.25) is 0 Å². The fourth-order valence-corrected chi connectivity index (χ4v) is 18.5. The maximum atomic E-state index is 15.5. The molecule has 121 heavy (non-hydrogen) atoms. The van der Waals surface area contributed by atoms with Gasteiger partial charge in [-0.05, 0) is 292 Å². The Hall–Kier alpha value is -15.7. The molecule has 18 aromatic carbocycles. The lowest BCUT2D eigenvalue weighted by atomic mass is 9.67. The van der Waals surface area contributed by atoms with E-state index >= 15 is 8.78 Å². The molecular weight excluding hydrogens is 1480 g/mol. The first-order chi connectivity index (χ1) is 59.6. The van der Waals surface area contributed by atoms with Crippen molar-refractivity contribution in [1.82, 2.24) is 0 Å². The van der Waals surface area contributed by atoms with E-state index in [1.165, 1.54) is 0 Å². The summed E-state index contributed by atoms with van der Waals surface area (Å²) in [6.45, 7) is 7.89. The van der Waals surface area contributed by atoms with E-state index in [0.717, 1.165) is 178 Å². The van der Waals surface area contributed by atoms with Crippen molar-refractivity contribution in [2.75, 3.05) is 9.80 Å². The van der Waals surface area contributed by atoms with Gasteiger partial charge in [0.25, 0.3) is 0 Å². The molecule has 2 aliphatic carbocycles. The first-order valence-corrected chi connectivity index (χ1v) is 40.7. The van der Waals surface area contributed by atoms with E-state index in [1.807, 2.05) is 121 Å². The molecule has 0 N–H and O–H groups in total. The van der Waals surface area contributed by atoms with Crippen molar-refractivity contribution in [3.63, 3.8) is 0 Å². The van der Waals surface area contributed by atoms with Crippen molar-refractivity contribution in [1.29, 1.82) is 0 Å². The SMILES string of the molecule is C=Cc1ccc(Oc2ccc(C3(c4ccc(F)cc4)c4ccccc4-c4ccc(N(c5ccc(-c6cccc(-c7ccccc7)c6)cc5)c5ccc6oc7ccc(N(c8ccc(-c9cccc(-c%10ccccc%10)c9)cc8)c8ccc9c(c8)C(c8ccc(F)cc8)(c8ccc(Oc%10ccc(C=C)cc%10)cc8)c8ccccc8-9)cc7c6c5)cc43)cc2)cc1. The maximum Gasteiger partial charge on any atom is 0.135 e. The molecule has 5 nitrogen and oxygen atoms in total. The Labute approximate surface area is 701 Å². The summed E-state index contributed by atoms with van der Waals surface area (Å²) < 4.78 is 51.1. The summed E-state index contributed by atoms with van der Waals surface area (Å²) in [4.78, 5) is 4.70. The number of ether oxygens (including phenoxy) is 2. The average molecular weight is 1560 g/mol. The van der Waals surface area contributed by atoms with Crippen LogP contribution in [-0.2, 0) is 10.8 Å². The number of hydrogen-bond acceptors (Lipinski definition) is 5. The number of anilines is 6. The summed E-state index contributed by atoms with van der Waals surface area (Å²) in [6, 6.07) is 147. The van der Waals surface area contributed by atoms with E-state index in [2.05, 4.69) is 314 Å². The summed E-state index contributed by atoms with van der Waals surface area (Å²) in [5.41, 5.74) is 28.3. The standard InChI is InChI=1S/C114H76F2N2O3/c1-3-75-29-57-97(58-30-75)119-99-61-41-87(42-62-99)113(85-37-45-89(115)46-38-85)107-27-13-11-25-101(107)103-65-53-95(73-109(103)113)117(91-49-33-79(34-50-91)83-23-15-21-81(69-83)77-17-7-5-8-18-77)93-55-67-111-105(71-93)106-72-94(56-68-112(106)121-111)118(92-51-35-80(36-52-92)84-24-16-22-82(70-84)78-19-9-6-10-20-78)96-54-66-104-102-26-12-14-28-108(102)114(110(104)74-96,86-39-47-90(116)48-40-86)88-43-63-100(64-44-88)120-98-59-31-76(4-2)32-60-98/h3-74H,1-2H2. The molecular formula is C114H76F2N2O3. The predicted octanol–water partition coefficient (Wildman–Crippen LogP) is 31.1. The number of hydrogen-bond donors (Lipinski definition) is 0. The molecule has 0 aliphatic heterocycles. The van der Waals surface area contributed by atoms with Crippen LogP contribution in [0, 0.1) is 11.6 Å². The zero-order valence-corrected chi connectivity index (χ0v) is 65.9. The number of furan rings is 1. The lowest BCUT2D eigenvalue weighted by Crippen LogP contribution is -2.29. The van der Waals surface area contributed by atoms with Crippen LogP contribution < -0.4 is 19.3 Å². The molecule has 0 fully saturated rings. The highest BCUT2D eigenvalue weighted by Gasteiger charge is 2.48. The van der Waals surface area contributed by atoms with Crippen LogP contribution in [0.4, 0.5) is 42.9 Å². The third-order valence-electron chi connectivity index (χ3n) is 24.2. The Morgan fingerprint density at radius 1 is 0.240 bits per heavy atom. The van der Waals surface area contributed by atoms with Crippen molar-refractivity contribution >= 4 is 68.2 Å². The number of nitrogens with zero attached hydrogens (tertiary/aromatic N) is 2. The molecule has 1 heterocycles. The molecule has 0 radical (unpaired) electrons. The monoisotopic (exact) mass is 1560 g/mol. The van der Waals surface area contributed by atoms with E-state index in [1.54, 1.807) is 24.3 Å². The lowest BCUT2D eigenvalue weighted by molar-refractivity contribution is 0.482. The molecule has 2 aliphatic rings. The quantitative estimate of drug-likeness (QED) is 0.0760. The Bertz CT molecular complexity index is 6720. The number of fused-ring (bicyclic) bond motifs is 9. The second-order valence-corrected chi connectivity index (χ2v) is 31.0. The van der Waals surface area contributed by atoms with Gasteiger partial charge in [0.1, 0.15) is 45.8 Å². The molecule has 21 rings (SSSR count). The third kappa shape index (κ3) is 13.0. The molecule has 574 valence electrons. The fourth-order valence-electron chi connectivity index (χ4n) is 18.5. The Morgan fingerprint density at radius 2 is 0.529 bits per heavy atom. The van der Waals surface area contributed by atoms with Gasteiger partial charge in [0, 0.05) is 44.9 Å². The molecule has 1 aromatic heterocycles. The molecule has 0 amide bonds. The highest BCUT2D eigenvalue weighted by Crippen LogP contribution is 2.60. The van der Waals surface area contributed by atoms with Crippen LogP contribution in [0.25, 0.3) is 101 Å². The molecule has 0 saturated heterocycles. The van der Waals surface area contributed by atoms with Gasteiger partial charge >= 0.3 is 0 Å². The topological polar surface area (TPSA) is 38.1 Å². The van der Waals surface area contributed by atoms with Crippen LogP contribution >= 0.6 is 0 Å². The van der Waals surface area contributed by atoms with E-state index in [9.17, 15) is 0 Å². The predicted molar refractivity (Wildman–Crippen MR) is 493 cm³/mol. The zero-order valence-electron chi connectivity index (χ0n) is 65.9. The van der Waals surface area contributed by atoms with E-state index in [4.69, 9.17) is 13.9 Å². The third-order valence-corrected chi connectivity index (χ3v) is 24.2. The summed E-state index contributed by atoms with van der Waals surface area (Å²) in [5, 5.41) is 1.83. The minimum Gasteiger partial charge on any atom is -0.457 e. The van der Waals surface area contributed by atoms with Gasteiger partial charge in [-0.1, -0.05) is 280 Å². The minimum absolute atomic E-state index is 0.319. The average Bonchev–Trinajstić information content (AvgIpc) is 1.55. The van der Waals surface area contributed by atoms with Gasteiger partial charge in [-0.3, -0.25) is 0 Å². The van der Waals surface area contributed by atoms with Crippen molar-refractivity contribution in [3.8, 4) is 89.8 Å². The molecule has 2 unspecified atom stereocenters. The van der Waals surface area contributed by atoms with Crippen LogP contribution in [0.3, 0.4) is 0 Å². The van der Waals surface area contributed by atoms with E-state index < -0.39 is 10.8 Å². The van der Waals surface area contributed by atoms with Crippen LogP contribution in [-0.4, -0.2) is 0 Å². The molecule has 7 heteroatoms. The van der Waals surface area contributed by atoms with Crippen LogP contribution in [0.1, 0.15) is 55.6 Å². The Balaban J connectivity index is 0.735. The normalized spacial score (nSPS) is 14.2. The molecule has 0 saturated carbocycles. The zero-order chi connectivity index (χ0) is 81.1. The highest BCUT2D eigenvalue weighted by molar-refractivity contribution is 6.09.